The maximum atomic E-state index is 12.6. The number of hydrogen-bond acceptors (Lipinski definition) is 7. The van der Waals surface area contributed by atoms with Gasteiger partial charge in [0.1, 0.15) is 16.4 Å². The normalized spacial score (nSPS) is 12.0. The summed E-state index contributed by atoms with van der Waals surface area (Å²) in [4.78, 5) is 3.95. The Labute approximate surface area is 158 Å². The van der Waals surface area contributed by atoms with Crippen molar-refractivity contribution in [2.24, 2.45) is 0 Å². The third-order valence-corrected chi connectivity index (χ3v) is 6.56. The van der Waals surface area contributed by atoms with Crippen molar-refractivity contribution in [2.75, 3.05) is 33.6 Å². The third-order valence-electron chi connectivity index (χ3n) is 3.71. The highest BCUT2D eigenvalue weighted by atomic mass is 32.2. The third kappa shape index (κ3) is 5.39. The van der Waals surface area contributed by atoms with Gasteiger partial charge in [-0.15, -0.1) is 0 Å². The lowest BCUT2D eigenvalue weighted by Gasteiger charge is -2.13. The molecule has 1 heterocycles. The maximum Gasteiger partial charge on any atom is 0.244 e. The second-order valence-corrected chi connectivity index (χ2v) is 9.18. The lowest BCUT2D eigenvalue weighted by Crippen LogP contribution is -2.33. The van der Waals surface area contributed by atoms with Crippen LogP contribution in [0.3, 0.4) is 0 Å². The molecular formula is C16H21N3O6S2. The molecule has 2 rings (SSSR count). The molecule has 148 valence electrons. The molecule has 2 N–H and O–H groups in total. The van der Waals surface area contributed by atoms with E-state index in [1.165, 1.54) is 39.6 Å². The Balaban J connectivity index is 2.36. The summed E-state index contributed by atoms with van der Waals surface area (Å²) in [6, 6.07) is 6.37. The Hall–Kier alpha value is -2.21. The molecule has 0 radical (unpaired) electrons. The van der Waals surface area contributed by atoms with Crippen molar-refractivity contribution in [1.82, 2.24) is 14.4 Å². The standard InChI is InChI=1S/C16H21N3O6S2/c1-17-26(20,21)7-6-19-27(22,23)16-9-12(4-5-15(16)25-3)13-8-14(24-2)11-18-10-13/h4-5,8-11,17,19H,6-7H2,1-3H3. The van der Waals surface area contributed by atoms with Crippen molar-refractivity contribution < 1.29 is 26.3 Å². The Morgan fingerprint density at radius 2 is 1.74 bits per heavy atom. The van der Waals surface area contributed by atoms with Gasteiger partial charge in [0, 0.05) is 18.3 Å². The second kappa shape index (κ2) is 8.65. The zero-order chi connectivity index (χ0) is 20.1. The fraction of sp³-hybridized carbons (Fsp3) is 0.312. The zero-order valence-electron chi connectivity index (χ0n) is 15.1. The van der Waals surface area contributed by atoms with Crippen LogP contribution in [-0.2, 0) is 20.0 Å². The summed E-state index contributed by atoms with van der Waals surface area (Å²) in [5, 5.41) is 0. The van der Waals surface area contributed by atoms with E-state index in [9.17, 15) is 16.8 Å². The second-order valence-electron chi connectivity index (χ2n) is 5.40. The van der Waals surface area contributed by atoms with E-state index in [1.807, 2.05) is 0 Å². The first-order chi connectivity index (χ1) is 12.7. The molecule has 11 heteroatoms. The molecule has 0 saturated carbocycles. The van der Waals surface area contributed by atoms with Crippen molar-refractivity contribution >= 4 is 20.0 Å². The number of rotatable bonds is 9. The van der Waals surface area contributed by atoms with E-state index in [4.69, 9.17) is 9.47 Å². The molecule has 0 unspecified atom stereocenters. The van der Waals surface area contributed by atoms with Crippen molar-refractivity contribution in [2.45, 2.75) is 4.90 Å². The van der Waals surface area contributed by atoms with E-state index in [-0.39, 0.29) is 22.9 Å². The van der Waals surface area contributed by atoms with Crippen LogP contribution in [0, 0.1) is 0 Å². The number of hydrogen-bond donors (Lipinski definition) is 2. The molecule has 0 aliphatic rings. The van der Waals surface area contributed by atoms with Crippen LogP contribution in [-0.4, -0.2) is 55.4 Å². The molecule has 0 fully saturated rings. The number of aromatic nitrogens is 1. The Bertz CT molecular complexity index is 1010. The average molecular weight is 415 g/mol. The molecule has 0 saturated heterocycles. The number of nitrogens with zero attached hydrogens (tertiary/aromatic N) is 1. The Morgan fingerprint density at radius 1 is 1.00 bits per heavy atom. The minimum Gasteiger partial charge on any atom is -0.495 e. The van der Waals surface area contributed by atoms with Gasteiger partial charge in [0.25, 0.3) is 0 Å². The topological polar surface area (TPSA) is 124 Å². The van der Waals surface area contributed by atoms with E-state index >= 15 is 0 Å². The minimum atomic E-state index is -4.00. The molecule has 0 aliphatic carbocycles. The maximum absolute atomic E-state index is 12.6. The highest BCUT2D eigenvalue weighted by Crippen LogP contribution is 2.30. The van der Waals surface area contributed by atoms with Crippen LogP contribution in [0.1, 0.15) is 0 Å². The number of ether oxygens (including phenoxy) is 2. The molecule has 0 aliphatic heterocycles. The predicted octanol–water partition coefficient (Wildman–Crippen LogP) is 0.593. The molecular weight excluding hydrogens is 394 g/mol. The summed E-state index contributed by atoms with van der Waals surface area (Å²) in [5.41, 5.74) is 1.25. The summed E-state index contributed by atoms with van der Waals surface area (Å²) in [6.07, 6.45) is 3.11. The smallest absolute Gasteiger partial charge is 0.244 e. The monoisotopic (exact) mass is 415 g/mol. The first-order valence-corrected chi connectivity index (χ1v) is 10.9. The van der Waals surface area contributed by atoms with Crippen LogP contribution in [0.2, 0.25) is 0 Å². The highest BCUT2D eigenvalue weighted by Gasteiger charge is 2.21. The van der Waals surface area contributed by atoms with Gasteiger partial charge < -0.3 is 9.47 Å². The molecule has 9 nitrogen and oxygen atoms in total. The van der Waals surface area contributed by atoms with Gasteiger partial charge in [-0.2, -0.15) is 0 Å². The summed E-state index contributed by atoms with van der Waals surface area (Å²) in [5.74, 6) is 0.284. The molecule has 1 aromatic heterocycles. The fourth-order valence-corrected chi connectivity index (χ4v) is 4.17. The van der Waals surface area contributed by atoms with Gasteiger partial charge in [0.2, 0.25) is 20.0 Å². The van der Waals surface area contributed by atoms with Gasteiger partial charge in [-0.25, -0.2) is 26.3 Å². The van der Waals surface area contributed by atoms with Crippen LogP contribution in [0.25, 0.3) is 11.1 Å². The zero-order valence-corrected chi connectivity index (χ0v) is 16.7. The van der Waals surface area contributed by atoms with E-state index in [0.717, 1.165) is 0 Å². The average Bonchev–Trinajstić information content (AvgIpc) is 2.67. The van der Waals surface area contributed by atoms with Crippen LogP contribution in [0.5, 0.6) is 11.5 Å². The van der Waals surface area contributed by atoms with Crippen molar-refractivity contribution in [3.8, 4) is 22.6 Å². The molecule has 0 amide bonds. The molecule has 2 aromatic rings. The van der Waals surface area contributed by atoms with E-state index in [0.29, 0.717) is 16.9 Å². The number of nitrogens with one attached hydrogen (secondary N) is 2. The van der Waals surface area contributed by atoms with Crippen LogP contribution in [0.15, 0.2) is 41.6 Å². The SMILES string of the molecule is CNS(=O)(=O)CCNS(=O)(=O)c1cc(-c2cncc(OC)c2)ccc1OC. The lowest BCUT2D eigenvalue weighted by atomic mass is 10.1. The van der Waals surface area contributed by atoms with Gasteiger partial charge in [-0.05, 0) is 30.8 Å². The summed E-state index contributed by atoms with van der Waals surface area (Å²) < 4.78 is 62.9. The molecule has 0 atom stereocenters. The first-order valence-electron chi connectivity index (χ1n) is 7.81. The largest absolute Gasteiger partial charge is 0.495 e. The predicted molar refractivity (Wildman–Crippen MR) is 101 cm³/mol. The van der Waals surface area contributed by atoms with Gasteiger partial charge in [0.15, 0.2) is 0 Å². The molecule has 1 aromatic carbocycles. The van der Waals surface area contributed by atoms with Crippen LogP contribution < -0.4 is 18.9 Å². The minimum absolute atomic E-state index is 0.104. The quantitative estimate of drug-likeness (QED) is 0.614. The van der Waals surface area contributed by atoms with Crippen molar-refractivity contribution in [1.29, 1.82) is 0 Å². The summed E-state index contributed by atoms with van der Waals surface area (Å²) >= 11 is 0. The van der Waals surface area contributed by atoms with Gasteiger partial charge in [0.05, 0.1) is 26.2 Å². The van der Waals surface area contributed by atoms with E-state index in [1.54, 1.807) is 18.3 Å². The van der Waals surface area contributed by atoms with E-state index in [2.05, 4.69) is 14.4 Å². The number of sulfonamides is 2. The van der Waals surface area contributed by atoms with Gasteiger partial charge >= 0.3 is 0 Å². The van der Waals surface area contributed by atoms with Crippen molar-refractivity contribution in [3.05, 3.63) is 36.7 Å². The van der Waals surface area contributed by atoms with E-state index < -0.39 is 20.0 Å². The van der Waals surface area contributed by atoms with Crippen LogP contribution >= 0.6 is 0 Å². The molecule has 27 heavy (non-hydrogen) atoms. The lowest BCUT2D eigenvalue weighted by molar-refractivity contribution is 0.402. The van der Waals surface area contributed by atoms with Gasteiger partial charge in [-0.1, -0.05) is 6.07 Å². The van der Waals surface area contributed by atoms with Crippen molar-refractivity contribution in [3.63, 3.8) is 0 Å². The highest BCUT2D eigenvalue weighted by molar-refractivity contribution is 7.90. The first kappa shape index (κ1) is 21.1. The van der Waals surface area contributed by atoms with Gasteiger partial charge in [-0.3, -0.25) is 4.98 Å². The van der Waals surface area contributed by atoms with Crippen LogP contribution in [0.4, 0.5) is 0 Å². The number of methoxy groups -OCH3 is 2. The number of pyridine rings is 1. The summed E-state index contributed by atoms with van der Waals surface area (Å²) in [7, 11) is -3.40. The fourth-order valence-electron chi connectivity index (χ4n) is 2.24. The Morgan fingerprint density at radius 3 is 2.37 bits per heavy atom. The Kier molecular flexibility index (Phi) is 6.76. The number of benzene rings is 1. The molecule has 0 bridgehead atoms. The molecule has 0 spiro atoms. The summed E-state index contributed by atoms with van der Waals surface area (Å²) in [6.45, 7) is -0.278.